The predicted octanol–water partition coefficient (Wildman–Crippen LogP) is 3.31. The fourth-order valence-electron chi connectivity index (χ4n) is 5.76. The van der Waals surface area contributed by atoms with Crippen molar-refractivity contribution in [2.45, 2.75) is 51.4 Å². The van der Waals surface area contributed by atoms with Crippen molar-refractivity contribution in [1.29, 1.82) is 0 Å². The number of ketones is 1. The van der Waals surface area contributed by atoms with Crippen LogP contribution in [0.5, 0.6) is 11.5 Å². The van der Waals surface area contributed by atoms with Gasteiger partial charge in [0.25, 0.3) is 0 Å². The van der Waals surface area contributed by atoms with Crippen molar-refractivity contribution in [2.75, 3.05) is 21.2 Å². The van der Waals surface area contributed by atoms with Gasteiger partial charge in [0.2, 0.25) is 0 Å². The molecule has 28 heavy (non-hydrogen) atoms. The average molecular weight is 408 g/mol. The Balaban J connectivity index is 1.69. The Kier molecular flexibility index (Phi) is 4.74. The summed E-state index contributed by atoms with van der Waals surface area (Å²) in [7, 11) is 0.563. The molecule has 6 nitrogen and oxygen atoms in total. The Bertz CT molecular complexity index is 910. The maximum absolute atomic E-state index is 12.5. The van der Waals surface area contributed by atoms with Gasteiger partial charge >= 0.3 is 10.3 Å². The molecule has 0 saturated heterocycles. The Morgan fingerprint density at radius 1 is 1.11 bits per heavy atom. The summed E-state index contributed by atoms with van der Waals surface area (Å²) in [6, 6.07) is 3.80. The van der Waals surface area contributed by atoms with Crippen molar-refractivity contribution < 1.29 is 22.1 Å². The molecule has 3 aliphatic carbocycles. The molecule has 4 rings (SSSR count). The summed E-state index contributed by atoms with van der Waals surface area (Å²) in [4.78, 5) is 12.5. The molecule has 2 fully saturated rings. The summed E-state index contributed by atoms with van der Waals surface area (Å²) in [5, 5.41) is 0. The molecule has 0 bridgehead atoms. The summed E-state index contributed by atoms with van der Waals surface area (Å²) in [6.45, 7) is 2.17. The number of fused-ring (bicyclic) bond motifs is 5. The second-order valence-corrected chi connectivity index (χ2v) is 10.6. The number of hydrogen-bond acceptors (Lipinski definition) is 5. The second-order valence-electron chi connectivity index (χ2n) is 8.86. The van der Waals surface area contributed by atoms with Gasteiger partial charge in [0.15, 0.2) is 11.5 Å². The van der Waals surface area contributed by atoms with E-state index in [-0.39, 0.29) is 11.2 Å². The van der Waals surface area contributed by atoms with Gasteiger partial charge in [-0.3, -0.25) is 4.79 Å². The van der Waals surface area contributed by atoms with Crippen LogP contribution in [0.2, 0.25) is 0 Å². The summed E-state index contributed by atoms with van der Waals surface area (Å²) in [5.41, 5.74) is 2.23. The summed E-state index contributed by atoms with van der Waals surface area (Å²) in [5.74, 6) is 2.51. The van der Waals surface area contributed by atoms with Gasteiger partial charge in [0.1, 0.15) is 5.78 Å². The fourth-order valence-corrected chi connectivity index (χ4v) is 6.27. The van der Waals surface area contributed by atoms with Crippen LogP contribution in [0.1, 0.15) is 56.1 Å². The van der Waals surface area contributed by atoms with Crippen LogP contribution in [0.4, 0.5) is 0 Å². The quantitative estimate of drug-likeness (QED) is 0.766. The summed E-state index contributed by atoms with van der Waals surface area (Å²) >= 11 is 0. The first kappa shape index (κ1) is 19.7. The van der Waals surface area contributed by atoms with Crippen molar-refractivity contribution >= 4 is 16.1 Å². The lowest BCUT2D eigenvalue weighted by Crippen LogP contribution is -2.42. The molecule has 0 radical (unpaired) electrons. The number of rotatable bonds is 4. The molecule has 154 valence electrons. The smallest absolute Gasteiger partial charge is 0.384 e. The van der Waals surface area contributed by atoms with Gasteiger partial charge in [-0.05, 0) is 73.1 Å². The normalized spacial score (nSPS) is 31.9. The number of carbonyl (C=O) groups excluding carboxylic acids is 1. The number of ether oxygens (including phenoxy) is 1. The molecule has 0 aliphatic heterocycles. The zero-order chi connectivity index (χ0) is 20.3. The Morgan fingerprint density at radius 3 is 2.54 bits per heavy atom. The molecule has 1 aromatic rings. The molecule has 0 spiro atoms. The van der Waals surface area contributed by atoms with Crippen molar-refractivity contribution in [3.8, 4) is 11.5 Å². The van der Waals surface area contributed by atoms with Gasteiger partial charge in [-0.25, -0.2) is 0 Å². The van der Waals surface area contributed by atoms with E-state index >= 15 is 0 Å². The minimum atomic E-state index is -3.84. The number of benzene rings is 1. The molecular formula is C21H29NO5S. The van der Waals surface area contributed by atoms with Crippen molar-refractivity contribution in [3.05, 3.63) is 23.3 Å². The summed E-state index contributed by atoms with van der Waals surface area (Å²) < 4.78 is 36.2. The first-order valence-corrected chi connectivity index (χ1v) is 11.4. The van der Waals surface area contributed by atoms with Crippen molar-refractivity contribution in [3.63, 3.8) is 0 Å². The van der Waals surface area contributed by atoms with E-state index in [1.165, 1.54) is 26.8 Å². The molecule has 0 aromatic heterocycles. The minimum Gasteiger partial charge on any atom is -0.493 e. The highest BCUT2D eigenvalue weighted by molar-refractivity contribution is 7.84. The molecular weight excluding hydrogens is 378 g/mol. The topological polar surface area (TPSA) is 72.9 Å². The SMILES string of the molecule is COc1cc2c(cc1OS(=O)(=O)N(C)C)CC[C@@H]1[C@@H]2CC[C@]2(C)C(=O)CC[C@@H]12. The molecule has 0 heterocycles. The van der Waals surface area contributed by atoms with Crippen LogP contribution in [0.25, 0.3) is 0 Å². The lowest BCUT2D eigenvalue weighted by atomic mass is 9.55. The zero-order valence-corrected chi connectivity index (χ0v) is 17.8. The number of hydrogen-bond donors (Lipinski definition) is 0. The molecule has 1 aromatic carbocycles. The zero-order valence-electron chi connectivity index (χ0n) is 17.0. The van der Waals surface area contributed by atoms with Crippen molar-refractivity contribution in [2.24, 2.45) is 17.3 Å². The van der Waals surface area contributed by atoms with Crippen LogP contribution in [0.3, 0.4) is 0 Å². The number of carbonyl (C=O) groups is 1. The number of Topliss-reactive ketones (excluding diaryl/α,β-unsaturated/α-hetero) is 1. The Morgan fingerprint density at radius 2 is 1.86 bits per heavy atom. The largest absolute Gasteiger partial charge is 0.493 e. The van der Waals surface area contributed by atoms with Crippen LogP contribution in [-0.4, -0.2) is 39.7 Å². The Labute approximate surface area is 167 Å². The summed E-state index contributed by atoms with van der Waals surface area (Å²) in [6.07, 6.45) is 5.57. The second kappa shape index (κ2) is 6.73. The van der Waals surface area contributed by atoms with E-state index in [4.69, 9.17) is 8.92 Å². The van der Waals surface area contributed by atoms with Crippen LogP contribution in [-0.2, 0) is 21.5 Å². The van der Waals surface area contributed by atoms with E-state index in [1.54, 1.807) is 0 Å². The van der Waals surface area contributed by atoms with E-state index in [1.807, 2.05) is 12.1 Å². The Hall–Kier alpha value is -1.60. The van der Waals surface area contributed by atoms with Crippen LogP contribution in [0.15, 0.2) is 12.1 Å². The molecule has 0 amide bonds. The highest BCUT2D eigenvalue weighted by atomic mass is 32.2. The van der Waals surface area contributed by atoms with Gasteiger partial charge in [-0.2, -0.15) is 12.7 Å². The molecule has 0 N–H and O–H groups in total. The highest BCUT2D eigenvalue weighted by Crippen LogP contribution is 2.60. The van der Waals surface area contributed by atoms with Crippen molar-refractivity contribution in [1.82, 2.24) is 4.31 Å². The van der Waals surface area contributed by atoms with Crippen LogP contribution < -0.4 is 8.92 Å². The molecule has 3 aliphatic rings. The number of methoxy groups -OCH3 is 1. The van der Waals surface area contributed by atoms with E-state index in [0.717, 1.165) is 48.4 Å². The van der Waals surface area contributed by atoms with E-state index in [9.17, 15) is 13.2 Å². The monoisotopic (exact) mass is 407 g/mol. The van der Waals surface area contributed by atoms with Gasteiger partial charge in [0, 0.05) is 25.9 Å². The van der Waals surface area contributed by atoms with Gasteiger partial charge in [-0.1, -0.05) is 6.92 Å². The standard InChI is InChI=1S/C21H29NO5S/c1-21-10-9-14-15(17(21)7-8-20(21)23)6-5-13-11-19(18(26-4)12-16(13)14)27-28(24,25)22(2)3/h11-12,14-15,17H,5-10H2,1-4H3/t14-,15+,17-,21-/m0/s1. The molecule has 0 unspecified atom stereocenters. The lowest BCUT2D eigenvalue weighted by molar-refractivity contribution is -0.129. The maximum Gasteiger partial charge on any atom is 0.384 e. The van der Waals surface area contributed by atoms with E-state index < -0.39 is 10.3 Å². The number of aryl methyl sites for hydroxylation is 1. The first-order valence-electron chi connectivity index (χ1n) is 10.0. The third kappa shape index (κ3) is 2.94. The molecule has 2 saturated carbocycles. The first-order chi connectivity index (χ1) is 13.2. The third-order valence-electron chi connectivity index (χ3n) is 7.36. The van der Waals surface area contributed by atoms with E-state index in [0.29, 0.717) is 29.3 Å². The highest BCUT2D eigenvalue weighted by Gasteiger charge is 2.54. The van der Waals surface area contributed by atoms with E-state index in [2.05, 4.69) is 6.92 Å². The predicted molar refractivity (Wildman–Crippen MR) is 106 cm³/mol. The minimum absolute atomic E-state index is 0.147. The van der Waals surface area contributed by atoms with Crippen LogP contribution in [0, 0.1) is 17.3 Å². The van der Waals surface area contributed by atoms with Gasteiger partial charge in [-0.15, -0.1) is 0 Å². The third-order valence-corrected chi connectivity index (χ3v) is 8.64. The lowest BCUT2D eigenvalue weighted by Gasteiger charge is -2.48. The maximum atomic E-state index is 12.5. The van der Waals surface area contributed by atoms with Gasteiger partial charge < -0.3 is 8.92 Å². The average Bonchev–Trinajstić information content (AvgIpc) is 2.95. The fraction of sp³-hybridized carbons (Fsp3) is 0.667. The molecule has 4 atom stereocenters. The number of nitrogens with zero attached hydrogens (tertiary/aromatic N) is 1. The molecule has 7 heteroatoms. The van der Waals surface area contributed by atoms with Crippen LogP contribution >= 0.6 is 0 Å². The van der Waals surface area contributed by atoms with Gasteiger partial charge in [0.05, 0.1) is 7.11 Å².